The standard InChI is InChI=1S/C17H21N5O2/c1-4-13-9-14(17-20-18-11-22(17)21-13)19-12(2)10-24-16-8-6-5-7-15(16)23-3/h5-9,11-12,19H,4,10H2,1-3H3. The highest BCUT2D eigenvalue weighted by Gasteiger charge is 2.11. The Morgan fingerprint density at radius 2 is 2.04 bits per heavy atom. The zero-order valence-corrected chi connectivity index (χ0v) is 14.1. The first kappa shape index (κ1) is 16.0. The summed E-state index contributed by atoms with van der Waals surface area (Å²) in [6.45, 7) is 4.61. The Balaban J connectivity index is 1.71. The van der Waals surface area contributed by atoms with Crippen LogP contribution in [-0.2, 0) is 6.42 Å². The lowest BCUT2D eigenvalue weighted by Crippen LogP contribution is -2.24. The number of aryl methyl sites for hydroxylation is 1. The van der Waals surface area contributed by atoms with Crippen molar-refractivity contribution in [3.8, 4) is 11.5 Å². The van der Waals surface area contributed by atoms with Crippen LogP contribution in [0.5, 0.6) is 11.5 Å². The highest BCUT2D eigenvalue weighted by Crippen LogP contribution is 2.26. The van der Waals surface area contributed by atoms with Gasteiger partial charge in [0.1, 0.15) is 12.9 Å². The van der Waals surface area contributed by atoms with Crippen LogP contribution in [0.4, 0.5) is 5.69 Å². The number of fused-ring (bicyclic) bond motifs is 1. The molecule has 0 spiro atoms. The summed E-state index contributed by atoms with van der Waals surface area (Å²) in [6, 6.07) is 9.68. The molecule has 0 bridgehead atoms. The average Bonchev–Trinajstić information content (AvgIpc) is 3.09. The quantitative estimate of drug-likeness (QED) is 0.719. The highest BCUT2D eigenvalue weighted by atomic mass is 16.5. The lowest BCUT2D eigenvalue weighted by atomic mass is 10.2. The van der Waals surface area contributed by atoms with Crippen LogP contribution in [0.25, 0.3) is 5.65 Å². The number of aromatic nitrogens is 4. The van der Waals surface area contributed by atoms with Gasteiger partial charge in [0.25, 0.3) is 0 Å². The summed E-state index contributed by atoms with van der Waals surface area (Å²) in [5.41, 5.74) is 2.58. The van der Waals surface area contributed by atoms with Crippen molar-refractivity contribution in [2.45, 2.75) is 26.3 Å². The maximum absolute atomic E-state index is 5.87. The Morgan fingerprint density at radius 3 is 2.79 bits per heavy atom. The Hall–Kier alpha value is -2.83. The molecule has 7 nitrogen and oxygen atoms in total. The van der Waals surface area contributed by atoms with Gasteiger partial charge >= 0.3 is 0 Å². The molecule has 126 valence electrons. The Kier molecular flexibility index (Phi) is 4.79. The molecular weight excluding hydrogens is 306 g/mol. The van der Waals surface area contributed by atoms with Crippen LogP contribution < -0.4 is 14.8 Å². The van der Waals surface area contributed by atoms with Crippen molar-refractivity contribution in [1.29, 1.82) is 0 Å². The van der Waals surface area contributed by atoms with Crippen molar-refractivity contribution in [2.75, 3.05) is 19.0 Å². The van der Waals surface area contributed by atoms with Gasteiger partial charge in [-0.3, -0.25) is 0 Å². The molecular formula is C17H21N5O2. The molecule has 0 amide bonds. The van der Waals surface area contributed by atoms with E-state index in [1.807, 2.05) is 37.3 Å². The van der Waals surface area contributed by atoms with Gasteiger partial charge in [0.2, 0.25) is 5.65 Å². The number of hydrogen-bond acceptors (Lipinski definition) is 6. The van der Waals surface area contributed by atoms with E-state index in [1.165, 1.54) is 0 Å². The molecule has 1 atom stereocenters. The normalized spacial score (nSPS) is 12.1. The fraction of sp³-hybridized carbons (Fsp3) is 0.353. The Morgan fingerprint density at radius 1 is 1.25 bits per heavy atom. The summed E-state index contributed by atoms with van der Waals surface area (Å²) in [7, 11) is 1.63. The maximum Gasteiger partial charge on any atom is 0.200 e. The number of methoxy groups -OCH3 is 1. The van der Waals surface area contributed by atoms with E-state index < -0.39 is 0 Å². The van der Waals surface area contributed by atoms with E-state index in [0.29, 0.717) is 12.3 Å². The van der Waals surface area contributed by atoms with Crippen molar-refractivity contribution < 1.29 is 9.47 Å². The van der Waals surface area contributed by atoms with Crippen LogP contribution in [0.3, 0.4) is 0 Å². The van der Waals surface area contributed by atoms with Crippen LogP contribution in [0.2, 0.25) is 0 Å². The number of para-hydroxylation sites is 2. The second-order valence-electron chi connectivity index (χ2n) is 5.51. The largest absolute Gasteiger partial charge is 0.493 e. The van der Waals surface area contributed by atoms with E-state index in [4.69, 9.17) is 9.47 Å². The summed E-state index contributed by atoms with van der Waals surface area (Å²) < 4.78 is 12.9. The van der Waals surface area contributed by atoms with Gasteiger partial charge < -0.3 is 14.8 Å². The molecule has 0 fully saturated rings. The van der Waals surface area contributed by atoms with Crippen molar-refractivity contribution in [1.82, 2.24) is 19.8 Å². The first-order chi connectivity index (χ1) is 11.7. The number of benzene rings is 1. The van der Waals surface area contributed by atoms with Gasteiger partial charge in [-0.2, -0.15) is 9.61 Å². The number of anilines is 1. The first-order valence-corrected chi connectivity index (χ1v) is 7.93. The number of rotatable bonds is 7. The molecule has 0 aliphatic rings. The molecule has 1 aromatic carbocycles. The number of nitrogens with one attached hydrogen (secondary N) is 1. The molecule has 3 aromatic rings. The molecule has 7 heteroatoms. The lowest BCUT2D eigenvalue weighted by molar-refractivity contribution is 0.284. The van der Waals surface area contributed by atoms with E-state index in [-0.39, 0.29) is 6.04 Å². The minimum absolute atomic E-state index is 0.0718. The van der Waals surface area contributed by atoms with Crippen molar-refractivity contribution in [3.63, 3.8) is 0 Å². The molecule has 0 saturated heterocycles. The summed E-state index contributed by atoms with van der Waals surface area (Å²) in [6.07, 6.45) is 2.45. The van der Waals surface area contributed by atoms with Crippen molar-refractivity contribution in [3.05, 3.63) is 42.4 Å². The third-order valence-electron chi connectivity index (χ3n) is 3.64. The van der Waals surface area contributed by atoms with Gasteiger partial charge in [-0.15, -0.1) is 10.2 Å². The predicted molar refractivity (Wildman–Crippen MR) is 91.7 cm³/mol. The minimum Gasteiger partial charge on any atom is -0.493 e. The van der Waals surface area contributed by atoms with Crippen LogP contribution in [-0.4, -0.2) is 39.6 Å². The van der Waals surface area contributed by atoms with E-state index in [0.717, 1.165) is 29.3 Å². The fourth-order valence-electron chi connectivity index (χ4n) is 2.42. The molecule has 3 rings (SSSR count). The smallest absolute Gasteiger partial charge is 0.200 e. The van der Waals surface area contributed by atoms with Crippen LogP contribution >= 0.6 is 0 Å². The van der Waals surface area contributed by atoms with Gasteiger partial charge in [-0.05, 0) is 31.5 Å². The maximum atomic E-state index is 5.87. The SMILES string of the molecule is CCc1cc(NC(C)COc2ccccc2OC)c2nncn2n1. The molecule has 2 aromatic heterocycles. The Bertz CT molecular complexity index is 818. The molecule has 0 aliphatic carbocycles. The molecule has 0 aliphatic heterocycles. The van der Waals surface area contributed by atoms with E-state index in [1.54, 1.807) is 18.0 Å². The van der Waals surface area contributed by atoms with Gasteiger partial charge in [0.15, 0.2) is 11.5 Å². The zero-order valence-electron chi connectivity index (χ0n) is 14.1. The third-order valence-corrected chi connectivity index (χ3v) is 3.64. The fourth-order valence-corrected chi connectivity index (χ4v) is 2.42. The first-order valence-electron chi connectivity index (χ1n) is 7.93. The molecule has 1 unspecified atom stereocenters. The number of hydrogen-bond donors (Lipinski definition) is 1. The van der Waals surface area contributed by atoms with E-state index in [9.17, 15) is 0 Å². The highest BCUT2D eigenvalue weighted by molar-refractivity contribution is 5.67. The number of nitrogens with zero attached hydrogens (tertiary/aromatic N) is 4. The van der Waals surface area contributed by atoms with Crippen LogP contribution in [0.15, 0.2) is 36.7 Å². The molecule has 2 heterocycles. The van der Waals surface area contributed by atoms with Gasteiger partial charge in [-0.1, -0.05) is 19.1 Å². The lowest BCUT2D eigenvalue weighted by Gasteiger charge is -2.18. The second-order valence-corrected chi connectivity index (χ2v) is 5.51. The number of ether oxygens (including phenoxy) is 2. The Labute approximate surface area is 140 Å². The summed E-state index contributed by atoms with van der Waals surface area (Å²) in [5, 5.41) is 15.9. The van der Waals surface area contributed by atoms with Gasteiger partial charge in [0.05, 0.1) is 24.5 Å². The van der Waals surface area contributed by atoms with Crippen molar-refractivity contribution in [2.24, 2.45) is 0 Å². The molecule has 0 radical (unpaired) electrons. The molecule has 24 heavy (non-hydrogen) atoms. The summed E-state index contributed by atoms with van der Waals surface area (Å²) in [4.78, 5) is 0. The van der Waals surface area contributed by atoms with Gasteiger partial charge in [-0.25, -0.2) is 0 Å². The van der Waals surface area contributed by atoms with E-state index in [2.05, 4.69) is 27.5 Å². The predicted octanol–water partition coefficient (Wildman–Crippen LogP) is 2.57. The van der Waals surface area contributed by atoms with Crippen LogP contribution in [0.1, 0.15) is 19.5 Å². The molecule has 0 saturated carbocycles. The second kappa shape index (κ2) is 7.16. The van der Waals surface area contributed by atoms with Crippen LogP contribution in [0, 0.1) is 0 Å². The van der Waals surface area contributed by atoms with E-state index >= 15 is 0 Å². The van der Waals surface area contributed by atoms with Crippen molar-refractivity contribution >= 4 is 11.3 Å². The van der Waals surface area contributed by atoms with Gasteiger partial charge in [0, 0.05) is 0 Å². The topological polar surface area (TPSA) is 73.6 Å². The monoisotopic (exact) mass is 327 g/mol. The molecule has 1 N–H and O–H groups in total. The average molecular weight is 327 g/mol. The minimum atomic E-state index is 0.0718. The summed E-state index contributed by atoms with van der Waals surface area (Å²) in [5.74, 6) is 1.45. The summed E-state index contributed by atoms with van der Waals surface area (Å²) >= 11 is 0. The third kappa shape index (κ3) is 3.40. The zero-order chi connectivity index (χ0) is 16.9.